The molecule has 1 aromatic carbocycles. The van der Waals surface area contributed by atoms with Crippen molar-refractivity contribution in [2.45, 2.75) is 24.1 Å². The molecule has 4 nitrogen and oxygen atoms in total. The number of thiophene rings is 1. The van der Waals surface area contributed by atoms with E-state index in [0.29, 0.717) is 16.6 Å². The normalized spacial score (nSPS) is 11.5. The van der Waals surface area contributed by atoms with Crippen LogP contribution in [0.1, 0.15) is 18.9 Å². The smallest absolute Gasteiger partial charge is 0.271 e. The molecule has 0 atom stereocenters. The van der Waals surface area contributed by atoms with Gasteiger partial charge in [-0.25, -0.2) is 8.42 Å². The molecule has 0 unspecified atom stereocenters. The van der Waals surface area contributed by atoms with Crippen molar-refractivity contribution < 1.29 is 8.42 Å². The minimum atomic E-state index is -3.57. The van der Waals surface area contributed by atoms with Gasteiger partial charge in [-0.05, 0) is 42.8 Å². The molecular weight excluding hydrogens is 328 g/mol. The number of benzene rings is 1. The summed E-state index contributed by atoms with van der Waals surface area (Å²) < 4.78 is 27.7. The first-order chi connectivity index (χ1) is 10.0. The SMILES string of the molecule is CCCNCc1cccc(NS(=O)(=O)c2ccc(Cl)s2)c1. The second-order valence-electron chi connectivity index (χ2n) is 4.54. The number of nitrogens with one attached hydrogen (secondary N) is 2. The summed E-state index contributed by atoms with van der Waals surface area (Å²) in [5, 5.41) is 3.28. The maximum absolute atomic E-state index is 12.2. The van der Waals surface area contributed by atoms with Crippen LogP contribution in [0.2, 0.25) is 4.34 Å². The number of anilines is 1. The first-order valence-electron chi connectivity index (χ1n) is 6.59. The third kappa shape index (κ3) is 4.71. The van der Waals surface area contributed by atoms with E-state index < -0.39 is 10.0 Å². The Kier molecular flexibility index (Phi) is 5.64. The van der Waals surface area contributed by atoms with E-state index in [1.807, 2.05) is 18.2 Å². The lowest BCUT2D eigenvalue weighted by molar-refractivity contribution is 0.603. The van der Waals surface area contributed by atoms with E-state index in [0.717, 1.165) is 29.9 Å². The van der Waals surface area contributed by atoms with Crippen molar-refractivity contribution in [2.24, 2.45) is 0 Å². The van der Waals surface area contributed by atoms with Crippen LogP contribution >= 0.6 is 22.9 Å². The van der Waals surface area contributed by atoms with E-state index in [1.165, 1.54) is 6.07 Å². The third-order valence-corrected chi connectivity index (χ3v) is 5.85. The average molecular weight is 345 g/mol. The van der Waals surface area contributed by atoms with E-state index in [4.69, 9.17) is 11.6 Å². The monoisotopic (exact) mass is 344 g/mol. The van der Waals surface area contributed by atoms with Crippen LogP contribution < -0.4 is 10.0 Å². The molecule has 0 fully saturated rings. The molecule has 7 heteroatoms. The molecular formula is C14H17ClN2O2S2. The molecule has 0 amide bonds. The highest BCUT2D eigenvalue weighted by atomic mass is 35.5. The molecule has 0 saturated carbocycles. The van der Waals surface area contributed by atoms with E-state index >= 15 is 0 Å². The molecule has 0 saturated heterocycles. The third-order valence-electron chi connectivity index (χ3n) is 2.75. The molecule has 0 aliphatic heterocycles. The zero-order valence-electron chi connectivity index (χ0n) is 11.6. The van der Waals surface area contributed by atoms with Gasteiger partial charge in [0.1, 0.15) is 4.21 Å². The number of rotatable bonds is 7. The number of hydrogen-bond acceptors (Lipinski definition) is 4. The van der Waals surface area contributed by atoms with Crippen LogP contribution in [0, 0.1) is 0 Å². The highest BCUT2D eigenvalue weighted by molar-refractivity contribution is 7.94. The molecule has 1 aromatic heterocycles. The summed E-state index contributed by atoms with van der Waals surface area (Å²) in [6, 6.07) is 10.4. The fourth-order valence-electron chi connectivity index (χ4n) is 1.80. The van der Waals surface area contributed by atoms with Gasteiger partial charge >= 0.3 is 0 Å². The summed E-state index contributed by atoms with van der Waals surface area (Å²) in [6.45, 7) is 3.75. The van der Waals surface area contributed by atoms with E-state index in [2.05, 4.69) is 17.0 Å². The molecule has 1 heterocycles. The van der Waals surface area contributed by atoms with Crippen LogP contribution in [0.25, 0.3) is 0 Å². The van der Waals surface area contributed by atoms with Crippen molar-refractivity contribution in [2.75, 3.05) is 11.3 Å². The number of halogens is 1. The fourth-order valence-corrected chi connectivity index (χ4v) is 4.33. The van der Waals surface area contributed by atoms with Crippen LogP contribution in [-0.4, -0.2) is 15.0 Å². The van der Waals surface area contributed by atoms with Crippen LogP contribution in [0.5, 0.6) is 0 Å². The highest BCUT2D eigenvalue weighted by Gasteiger charge is 2.16. The highest BCUT2D eigenvalue weighted by Crippen LogP contribution is 2.27. The van der Waals surface area contributed by atoms with Crippen molar-refractivity contribution in [1.82, 2.24) is 5.32 Å². The average Bonchev–Trinajstić information content (AvgIpc) is 2.87. The van der Waals surface area contributed by atoms with Crippen LogP contribution in [0.15, 0.2) is 40.6 Å². The Bertz CT molecular complexity index is 699. The molecule has 0 aliphatic rings. The molecule has 0 bridgehead atoms. The summed E-state index contributed by atoms with van der Waals surface area (Å²) in [7, 11) is -3.57. The number of sulfonamides is 1. The van der Waals surface area contributed by atoms with Gasteiger partial charge in [0.15, 0.2) is 0 Å². The van der Waals surface area contributed by atoms with Gasteiger partial charge in [-0.2, -0.15) is 0 Å². The van der Waals surface area contributed by atoms with Crippen molar-refractivity contribution >= 4 is 38.6 Å². The first kappa shape index (κ1) is 16.3. The van der Waals surface area contributed by atoms with Crippen LogP contribution in [0.4, 0.5) is 5.69 Å². The summed E-state index contributed by atoms with van der Waals surface area (Å²) >= 11 is 6.82. The van der Waals surface area contributed by atoms with Gasteiger partial charge in [-0.1, -0.05) is 30.7 Å². The van der Waals surface area contributed by atoms with Crippen LogP contribution in [0.3, 0.4) is 0 Å². The summed E-state index contributed by atoms with van der Waals surface area (Å²) in [5.74, 6) is 0. The van der Waals surface area contributed by atoms with Gasteiger partial charge in [-0.15, -0.1) is 11.3 Å². The van der Waals surface area contributed by atoms with Crippen molar-refractivity contribution in [3.05, 3.63) is 46.3 Å². The molecule has 114 valence electrons. The summed E-state index contributed by atoms with van der Waals surface area (Å²) in [5.41, 5.74) is 1.59. The predicted molar refractivity (Wildman–Crippen MR) is 88.6 cm³/mol. The van der Waals surface area contributed by atoms with E-state index in [1.54, 1.807) is 12.1 Å². The van der Waals surface area contributed by atoms with Crippen molar-refractivity contribution in [3.63, 3.8) is 0 Å². The molecule has 2 N–H and O–H groups in total. The summed E-state index contributed by atoms with van der Waals surface area (Å²) in [6.07, 6.45) is 1.06. The molecule has 0 spiro atoms. The Labute approximate surface area is 134 Å². The fraction of sp³-hybridized carbons (Fsp3) is 0.286. The minimum absolute atomic E-state index is 0.210. The predicted octanol–water partition coefficient (Wildman–Crippen LogP) is 3.70. The molecule has 0 radical (unpaired) electrons. The lowest BCUT2D eigenvalue weighted by Gasteiger charge is -2.09. The van der Waals surface area contributed by atoms with Crippen LogP contribution in [-0.2, 0) is 16.6 Å². The Morgan fingerprint density at radius 3 is 2.71 bits per heavy atom. The van der Waals surface area contributed by atoms with Crippen molar-refractivity contribution in [1.29, 1.82) is 0 Å². The van der Waals surface area contributed by atoms with E-state index in [9.17, 15) is 8.42 Å². The zero-order chi connectivity index (χ0) is 15.3. The van der Waals surface area contributed by atoms with Gasteiger partial charge in [0.25, 0.3) is 10.0 Å². The Morgan fingerprint density at radius 2 is 2.05 bits per heavy atom. The largest absolute Gasteiger partial charge is 0.313 e. The van der Waals surface area contributed by atoms with Gasteiger partial charge < -0.3 is 5.32 Å². The topological polar surface area (TPSA) is 58.2 Å². The molecule has 0 aliphatic carbocycles. The molecule has 2 aromatic rings. The van der Waals surface area contributed by atoms with Gasteiger partial charge in [0, 0.05) is 12.2 Å². The molecule has 2 rings (SSSR count). The Balaban J connectivity index is 2.10. The van der Waals surface area contributed by atoms with Gasteiger partial charge in [0.2, 0.25) is 0 Å². The maximum Gasteiger partial charge on any atom is 0.271 e. The lowest BCUT2D eigenvalue weighted by atomic mass is 10.2. The maximum atomic E-state index is 12.2. The summed E-state index contributed by atoms with van der Waals surface area (Å²) in [4.78, 5) is 0. The van der Waals surface area contributed by atoms with Gasteiger partial charge in [0.05, 0.1) is 4.34 Å². The van der Waals surface area contributed by atoms with Gasteiger partial charge in [-0.3, -0.25) is 4.72 Å². The second kappa shape index (κ2) is 7.26. The first-order valence-corrected chi connectivity index (χ1v) is 9.27. The second-order valence-corrected chi connectivity index (χ2v) is 8.17. The standard InChI is InChI=1S/C14H17ClN2O2S2/c1-2-8-16-10-11-4-3-5-12(9-11)17-21(18,19)14-7-6-13(15)20-14/h3-7,9,16-17H,2,8,10H2,1H3. The Hall–Kier alpha value is -1.08. The zero-order valence-corrected chi connectivity index (χ0v) is 14.0. The quantitative estimate of drug-likeness (QED) is 0.753. The lowest BCUT2D eigenvalue weighted by Crippen LogP contribution is -2.15. The Morgan fingerprint density at radius 1 is 1.24 bits per heavy atom. The minimum Gasteiger partial charge on any atom is -0.313 e. The van der Waals surface area contributed by atoms with E-state index in [-0.39, 0.29) is 4.21 Å². The number of hydrogen-bond donors (Lipinski definition) is 2. The van der Waals surface area contributed by atoms with Crippen molar-refractivity contribution in [3.8, 4) is 0 Å². The molecule has 21 heavy (non-hydrogen) atoms.